The van der Waals surface area contributed by atoms with Crippen LogP contribution in [0.4, 0.5) is 0 Å². The van der Waals surface area contributed by atoms with Crippen LogP contribution < -0.4 is 9.46 Å². The van der Waals surface area contributed by atoms with Gasteiger partial charge in [0.05, 0.1) is 11.3 Å². The first-order valence-corrected chi connectivity index (χ1v) is 11.0. The highest BCUT2D eigenvalue weighted by atomic mass is 32.2. The molecule has 0 aliphatic carbocycles. The largest absolute Gasteiger partial charge is 0.492 e. The Morgan fingerprint density at radius 3 is 2.43 bits per heavy atom. The predicted molar refractivity (Wildman–Crippen MR) is 89.4 cm³/mol. The number of rotatable bonds is 6. The molecule has 0 atom stereocenters. The average Bonchev–Trinajstić information content (AvgIpc) is 2.80. The van der Waals surface area contributed by atoms with Gasteiger partial charge in [-0.15, -0.1) is 11.3 Å². The maximum Gasteiger partial charge on any atom is 0.246 e. The quantitative estimate of drug-likeness (QED) is 0.822. The van der Waals surface area contributed by atoms with Crippen molar-refractivity contribution in [2.24, 2.45) is 0 Å². The Balaban J connectivity index is 2.81. The summed E-state index contributed by atoms with van der Waals surface area (Å²) in [5.41, 5.74) is 0.106. The van der Waals surface area contributed by atoms with Gasteiger partial charge in [0.1, 0.15) is 11.3 Å². The van der Waals surface area contributed by atoms with E-state index in [2.05, 4.69) is 9.71 Å². The van der Waals surface area contributed by atoms with E-state index in [1.165, 1.54) is 6.07 Å². The number of thiazole rings is 1. The number of sulfonamides is 1. The van der Waals surface area contributed by atoms with E-state index in [1.807, 2.05) is 0 Å². The number of fused-ring (bicyclic) bond motifs is 1. The van der Waals surface area contributed by atoms with Crippen molar-refractivity contribution in [3.8, 4) is 5.75 Å². The van der Waals surface area contributed by atoms with Crippen LogP contribution in [0.1, 0.15) is 20.8 Å². The van der Waals surface area contributed by atoms with Gasteiger partial charge in [-0.25, -0.2) is 26.5 Å². The minimum atomic E-state index is -3.90. The van der Waals surface area contributed by atoms with Crippen LogP contribution in [0.15, 0.2) is 21.4 Å². The summed E-state index contributed by atoms with van der Waals surface area (Å²) in [5, 5.41) is 0. The second-order valence-electron chi connectivity index (χ2n) is 5.20. The van der Waals surface area contributed by atoms with Crippen LogP contribution in [-0.2, 0) is 19.9 Å². The molecule has 1 aromatic carbocycles. The Labute approximate surface area is 139 Å². The molecule has 10 heteroatoms. The third-order valence-corrected chi connectivity index (χ3v) is 7.15. The number of hydrogen-bond acceptors (Lipinski definition) is 7. The topological polar surface area (TPSA) is 102 Å². The molecule has 0 aliphatic heterocycles. The van der Waals surface area contributed by atoms with Crippen molar-refractivity contribution in [3.63, 3.8) is 0 Å². The average molecular weight is 378 g/mol. The molecule has 1 N–H and O–H groups in total. The molecule has 128 valence electrons. The molecular formula is C13H18N2O5S3. The van der Waals surface area contributed by atoms with Crippen LogP contribution in [0.3, 0.4) is 0 Å². The lowest BCUT2D eigenvalue weighted by Crippen LogP contribution is -2.30. The van der Waals surface area contributed by atoms with Crippen LogP contribution in [-0.4, -0.2) is 40.7 Å². The molecule has 1 heterocycles. The van der Waals surface area contributed by atoms with Crippen LogP contribution in [0.2, 0.25) is 0 Å². The number of nitrogens with one attached hydrogen (secondary N) is 1. The first-order valence-electron chi connectivity index (χ1n) is 6.85. The van der Waals surface area contributed by atoms with Crippen LogP contribution in [0.25, 0.3) is 10.2 Å². The number of aromatic nitrogens is 1. The highest BCUT2D eigenvalue weighted by Crippen LogP contribution is 2.36. The highest BCUT2D eigenvalue weighted by Gasteiger charge is 2.27. The lowest BCUT2D eigenvalue weighted by molar-refractivity contribution is 0.332. The van der Waals surface area contributed by atoms with Crippen molar-refractivity contribution < 1.29 is 21.6 Å². The second-order valence-corrected chi connectivity index (χ2v) is 10.1. The molecule has 0 spiro atoms. The van der Waals surface area contributed by atoms with Crippen LogP contribution in [0, 0.1) is 0 Å². The Morgan fingerprint density at radius 1 is 1.26 bits per heavy atom. The maximum atomic E-state index is 12.6. The molecule has 0 radical (unpaired) electrons. The Morgan fingerprint density at radius 2 is 1.91 bits per heavy atom. The first-order chi connectivity index (χ1) is 10.6. The van der Waals surface area contributed by atoms with Crippen molar-refractivity contribution in [2.45, 2.75) is 36.0 Å². The molecule has 0 bridgehead atoms. The molecule has 0 saturated heterocycles. The standard InChI is InChI=1S/C13H18N2O5S3/c1-5-20-9-6-7-10-11(14-13(21-10)22(4,16)17)12(9)23(18,19)15-8(2)3/h6-8,15H,5H2,1-4H3. The number of nitrogens with zero attached hydrogens (tertiary/aromatic N) is 1. The molecule has 0 aliphatic rings. The van der Waals surface area contributed by atoms with Gasteiger partial charge in [0.15, 0.2) is 4.90 Å². The lowest BCUT2D eigenvalue weighted by atomic mass is 10.3. The van der Waals surface area contributed by atoms with Crippen molar-refractivity contribution >= 4 is 41.4 Å². The number of sulfone groups is 1. The summed E-state index contributed by atoms with van der Waals surface area (Å²) < 4.78 is 56.9. The maximum absolute atomic E-state index is 12.6. The van der Waals surface area contributed by atoms with Gasteiger partial charge in [-0.3, -0.25) is 0 Å². The van der Waals surface area contributed by atoms with E-state index in [-0.39, 0.29) is 33.2 Å². The van der Waals surface area contributed by atoms with Crippen molar-refractivity contribution in [3.05, 3.63) is 12.1 Å². The van der Waals surface area contributed by atoms with Crippen molar-refractivity contribution in [2.75, 3.05) is 12.9 Å². The summed E-state index contributed by atoms with van der Waals surface area (Å²) in [6.45, 7) is 5.40. The van der Waals surface area contributed by atoms with E-state index in [9.17, 15) is 16.8 Å². The zero-order chi connectivity index (χ0) is 17.4. The van der Waals surface area contributed by atoms with Gasteiger partial charge in [0, 0.05) is 12.3 Å². The van der Waals surface area contributed by atoms with E-state index < -0.39 is 19.9 Å². The summed E-state index contributed by atoms with van der Waals surface area (Å²) in [7, 11) is -7.42. The molecule has 7 nitrogen and oxygen atoms in total. The van der Waals surface area contributed by atoms with Crippen molar-refractivity contribution in [1.82, 2.24) is 9.71 Å². The van der Waals surface area contributed by atoms with E-state index in [0.29, 0.717) is 4.70 Å². The molecule has 2 rings (SSSR count). The van der Waals surface area contributed by atoms with Gasteiger partial charge in [-0.05, 0) is 32.9 Å². The van der Waals surface area contributed by atoms with Gasteiger partial charge in [0.2, 0.25) is 24.2 Å². The summed E-state index contributed by atoms with van der Waals surface area (Å²) in [6, 6.07) is 2.81. The fraction of sp³-hybridized carbons (Fsp3) is 0.462. The monoisotopic (exact) mass is 378 g/mol. The number of benzene rings is 1. The van der Waals surface area contributed by atoms with E-state index in [4.69, 9.17) is 4.74 Å². The van der Waals surface area contributed by atoms with Crippen molar-refractivity contribution in [1.29, 1.82) is 0 Å². The van der Waals surface area contributed by atoms with Gasteiger partial charge in [0.25, 0.3) is 0 Å². The molecule has 0 fully saturated rings. The second kappa shape index (κ2) is 6.34. The molecule has 0 unspecified atom stereocenters. The molecular weight excluding hydrogens is 360 g/mol. The fourth-order valence-corrected chi connectivity index (χ4v) is 5.43. The Bertz CT molecular complexity index is 930. The lowest BCUT2D eigenvalue weighted by Gasteiger charge is -2.14. The molecule has 0 saturated carbocycles. The first kappa shape index (κ1) is 18.1. The number of hydrogen-bond donors (Lipinski definition) is 1. The molecule has 0 amide bonds. The Hall–Kier alpha value is -1.23. The predicted octanol–water partition coefficient (Wildman–Crippen LogP) is 1.79. The third-order valence-electron chi connectivity index (χ3n) is 2.74. The van der Waals surface area contributed by atoms with Gasteiger partial charge in [-0.2, -0.15) is 0 Å². The number of ether oxygens (including phenoxy) is 1. The van der Waals surface area contributed by atoms with Gasteiger partial charge < -0.3 is 4.74 Å². The zero-order valence-electron chi connectivity index (χ0n) is 13.2. The minimum Gasteiger partial charge on any atom is -0.492 e. The SMILES string of the molecule is CCOc1ccc2sc(S(C)(=O)=O)nc2c1S(=O)(=O)NC(C)C. The Kier molecular flexibility index (Phi) is 5.00. The van der Waals surface area contributed by atoms with E-state index in [0.717, 1.165) is 17.6 Å². The summed E-state index contributed by atoms with van der Waals surface area (Å²) >= 11 is 0.933. The summed E-state index contributed by atoms with van der Waals surface area (Å²) in [4.78, 5) is 3.90. The molecule has 2 aromatic rings. The van der Waals surface area contributed by atoms with E-state index >= 15 is 0 Å². The zero-order valence-corrected chi connectivity index (χ0v) is 15.6. The van der Waals surface area contributed by atoms with E-state index in [1.54, 1.807) is 26.8 Å². The fourth-order valence-electron chi connectivity index (χ4n) is 1.99. The molecule has 23 heavy (non-hydrogen) atoms. The summed E-state index contributed by atoms with van der Waals surface area (Å²) in [5.74, 6) is 0.151. The normalized spacial score (nSPS) is 12.9. The minimum absolute atomic E-state index is 0.106. The third kappa shape index (κ3) is 3.82. The van der Waals surface area contributed by atoms with Gasteiger partial charge in [-0.1, -0.05) is 0 Å². The van der Waals surface area contributed by atoms with Crippen LogP contribution >= 0.6 is 11.3 Å². The smallest absolute Gasteiger partial charge is 0.246 e. The van der Waals surface area contributed by atoms with Gasteiger partial charge >= 0.3 is 0 Å². The van der Waals surface area contributed by atoms with Crippen LogP contribution in [0.5, 0.6) is 5.75 Å². The summed E-state index contributed by atoms with van der Waals surface area (Å²) in [6.07, 6.45) is 1.04. The highest BCUT2D eigenvalue weighted by molar-refractivity contribution is 7.92. The molecule has 1 aromatic heterocycles.